The first-order chi connectivity index (χ1) is 17.3. The van der Waals surface area contributed by atoms with E-state index in [4.69, 9.17) is 26.2 Å². The molecule has 0 fully saturated rings. The molecule has 2 aromatic carbocycles. The molecule has 12 heteroatoms. The van der Waals surface area contributed by atoms with Crippen molar-refractivity contribution in [1.82, 2.24) is 9.97 Å². The molecule has 0 radical (unpaired) electrons. The lowest BCUT2D eigenvalue weighted by atomic mass is 10.2. The van der Waals surface area contributed by atoms with Crippen LogP contribution in [0.15, 0.2) is 48.5 Å². The van der Waals surface area contributed by atoms with Gasteiger partial charge in [-0.1, -0.05) is 0 Å². The van der Waals surface area contributed by atoms with Gasteiger partial charge in [0.1, 0.15) is 32.9 Å². The van der Waals surface area contributed by atoms with Crippen LogP contribution < -0.4 is 9.47 Å². The first kappa shape index (κ1) is 27.9. The number of benzene rings is 2. The van der Waals surface area contributed by atoms with Gasteiger partial charge in [0.25, 0.3) is 12.9 Å². The van der Waals surface area contributed by atoms with E-state index in [1.54, 1.807) is 62.8 Å². The van der Waals surface area contributed by atoms with Gasteiger partial charge in [0.2, 0.25) is 0 Å². The van der Waals surface area contributed by atoms with Crippen LogP contribution in [0.25, 0.3) is 21.1 Å². The molecule has 0 saturated carbocycles. The lowest BCUT2D eigenvalue weighted by Gasteiger charge is -2.00. The Hall–Kier alpha value is -2.73. The van der Waals surface area contributed by atoms with Crippen LogP contribution in [0.4, 0.5) is 17.6 Å². The maximum Gasteiger partial charge on any atom is 0.281 e. The molecule has 4 rings (SSSR count). The van der Waals surface area contributed by atoms with Crippen molar-refractivity contribution in [3.05, 3.63) is 69.7 Å². The largest absolute Gasteiger partial charge is 0.497 e. The third-order valence-corrected chi connectivity index (χ3v) is 7.46. The monoisotopic (exact) mass is 560 g/mol. The fraction of sp³-hybridized carbons (Fsp3) is 0.250. The molecule has 36 heavy (non-hydrogen) atoms. The highest BCUT2D eigenvalue weighted by molar-refractivity contribution is 7.15. The minimum Gasteiger partial charge on any atom is -0.497 e. The molecular formula is C24H21ClF4N2O3S2. The SMILES string of the molecule is COc1ccc(-c2nc(C(F)F)c(CCl)s2)cc1.COc1ccc(-c2nc(C(F)F)c(CO)s2)cc1. The quantitative estimate of drug-likeness (QED) is 0.176. The smallest absolute Gasteiger partial charge is 0.281 e. The van der Waals surface area contributed by atoms with Crippen LogP contribution in [0.1, 0.15) is 34.0 Å². The number of methoxy groups -OCH3 is 2. The number of hydrogen-bond donors (Lipinski definition) is 1. The predicted octanol–water partition coefficient (Wildman–Crippen LogP) is 7.74. The van der Waals surface area contributed by atoms with Crippen LogP contribution in [0.5, 0.6) is 11.5 Å². The van der Waals surface area contributed by atoms with Gasteiger partial charge in [-0.3, -0.25) is 0 Å². The second-order valence-corrected chi connectivity index (χ2v) is 9.44. The Balaban J connectivity index is 0.000000201. The fourth-order valence-corrected chi connectivity index (χ4v) is 5.15. The summed E-state index contributed by atoms with van der Waals surface area (Å²) in [6, 6.07) is 14.0. The van der Waals surface area contributed by atoms with Crippen LogP contribution in [-0.2, 0) is 12.5 Å². The molecule has 4 aromatic rings. The summed E-state index contributed by atoms with van der Waals surface area (Å²) >= 11 is 7.90. The molecule has 0 atom stereocenters. The van der Waals surface area contributed by atoms with Crippen LogP contribution >= 0.6 is 34.3 Å². The molecule has 2 aromatic heterocycles. The molecule has 0 bridgehead atoms. The molecule has 0 aliphatic heterocycles. The number of aliphatic hydroxyl groups excluding tert-OH is 1. The number of rotatable bonds is 8. The summed E-state index contributed by atoms with van der Waals surface area (Å²) in [5, 5.41) is 10.0. The molecule has 0 unspecified atom stereocenters. The number of ether oxygens (including phenoxy) is 2. The minimum atomic E-state index is -2.67. The van der Waals surface area contributed by atoms with Crippen LogP contribution in [0.2, 0.25) is 0 Å². The third kappa shape index (κ3) is 6.73. The van der Waals surface area contributed by atoms with Gasteiger partial charge in [-0.05, 0) is 48.5 Å². The van der Waals surface area contributed by atoms with Crippen molar-refractivity contribution in [2.24, 2.45) is 0 Å². The Morgan fingerprint density at radius 2 is 1.14 bits per heavy atom. The summed E-state index contributed by atoms with van der Waals surface area (Å²) in [6.45, 7) is -0.423. The summed E-state index contributed by atoms with van der Waals surface area (Å²) < 4.78 is 60.9. The zero-order valence-corrected chi connectivity index (χ0v) is 21.4. The summed E-state index contributed by atoms with van der Waals surface area (Å²) in [5.74, 6) is 1.45. The number of hydrogen-bond acceptors (Lipinski definition) is 7. The van der Waals surface area contributed by atoms with Gasteiger partial charge in [-0.15, -0.1) is 34.3 Å². The summed E-state index contributed by atoms with van der Waals surface area (Å²) in [4.78, 5) is 8.44. The van der Waals surface area contributed by atoms with Crippen molar-refractivity contribution in [2.75, 3.05) is 14.2 Å². The number of halogens is 5. The molecule has 192 valence electrons. The molecule has 0 aliphatic rings. The first-order valence-electron chi connectivity index (χ1n) is 10.3. The maximum atomic E-state index is 12.7. The second-order valence-electron chi connectivity index (χ2n) is 7.01. The Morgan fingerprint density at radius 1 is 0.750 bits per heavy atom. The van der Waals surface area contributed by atoms with Gasteiger partial charge >= 0.3 is 0 Å². The van der Waals surface area contributed by atoms with E-state index in [1.165, 1.54) is 11.3 Å². The van der Waals surface area contributed by atoms with Crippen molar-refractivity contribution >= 4 is 34.3 Å². The van der Waals surface area contributed by atoms with Crippen molar-refractivity contribution in [1.29, 1.82) is 0 Å². The van der Waals surface area contributed by atoms with E-state index in [0.717, 1.165) is 22.5 Å². The molecule has 0 saturated heterocycles. The van der Waals surface area contributed by atoms with E-state index in [-0.39, 0.29) is 22.1 Å². The molecule has 2 heterocycles. The summed E-state index contributed by atoms with van der Waals surface area (Å²) in [6.07, 6.45) is -5.27. The zero-order chi connectivity index (χ0) is 26.2. The van der Waals surface area contributed by atoms with Gasteiger partial charge in [-0.25, -0.2) is 27.5 Å². The molecule has 0 spiro atoms. The van der Waals surface area contributed by atoms with E-state index < -0.39 is 19.5 Å². The van der Waals surface area contributed by atoms with Gasteiger partial charge in [0.05, 0.1) is 31.6 Å². The number of aromatic nitrogens is 2. The van der Waals surface area contributed by atoms with E-state index in [1.807, 2.05) is 0 Å². The average Bonchev–Trinajstić information content (AvgIpc) is 3.54. The number of alkyl halides is 5. The van der Waals surface area contributed by atoms with Crippen molar-refractivity contribution in [2.45, 2.75) is 25.3 Å². The van der Waals surface area contributed by atoms with E-state index in [9.17, 15) is 17.6 Å². The zero-order valence-electron chi connectivity index (χ0n) is 19.1. The van der Waals surface area contributed by atoms with E-state index in [2.05, 4.69) is 9.97 Å². The first-order valence-corrected chi connectivity index (χ1v) is 12.5. The van der Waals surface area contributed by atoms with Gasteiger partial charge in [0, 0.05) is 16.0 Å². The molecule has 1 N–H and O–H groups in total. The number of nitrogens with zero attached hydrogens (tertiary/aromatic N) is 2. The topological polar surface area (TPSA) is 64.5 Å². The van der Waals surface area contributed by atoms with Crippen LogP contribution in [0, 0.1) is 0 Å². The summed E-state index contributed by atoms with van der Waals surface area (Å²) in [5.41, 5.74) is 0.940. The molecular weight excluding hydrogens is 540 g/mol. The standard InChI is InChI=1S/C12H10ClF2NOS.C12H11F2NO2S/c1-17-8-4-2-7(3-5-8)12-16-10(11(14)15)9(6-13)18-12;1-17-8-4-2-7(3-5-8)12-15-10(11(13)14)9(6-16)18-12/h2-5,11H,6H2,1H3;2-5,11,16H,6H2,1H3. The van der Waals surface area contributed by atoms with Gasteiger partial charge in [0.15, 0.2) is 0 Å². The highest BCUT2D eigenvalue weighted by atomic mass is 35.5. The number of thiazole rings is 2. The average molecular weight is 561 g/mol. The van der Waals surface area contributed by atoms with Crippen LogP contribution in [0.3, 0.4) is 0 Å². The highest BCUT2D eigenvalue weighted by Gasteiger charge is 2.20. The summed E-state index contributed by atoms with van der Waals surface area (Å²) in [7, 11) is 3.12. The van der Waals surface area contributed by atoms with Gasteiger partial charge < -0.3 is 14.6 Å². The highest BCUT2D eigenvalue weighted by Crippen LogP contribution is 2.35. The normalized spacial score (nSPS) is 10.9. The predicted molar refractivity (Wildman–Crippen MR) is 134 cm³/mol. The third-order valence-electron chi connectivity index (χ3n) is 4.81. The van der Waals surface area contributed by atoms with Gasteiger partial charge in [-0.2, -0.15) is 0 Å². The second kappa shape index (κ2) is 13.0. The van der Waals surface area contributed by atoms with E-state index in [0.29, 0.717) is 26.4 Å². The fourth-order valence-electron chi connectivity index (χ4n) is 2.99. The van der Waals surface area contributed by atoms with Crippen molar-refractivity contribution < 1.29 is 32.1 Å². The maximum absolute atomic E-state index is 12.7. The Morgan fingerprint density at radius 3 is 1.42 bits per heavy atom. The molecule has 0 aliphatic carbocycles. The Bertz CT molecular complexity index is 1150. The lowest BCUT2D eigenvalue weighted by molar-refractivity contribution is 0.143. The Labute approximate surface area is 218 Å². The minimum absolute atomic E-state index is 0.0491. The van der Waals surface area contributed by atoms with Crippen molar-refractivity contribution in [3.63, 3.8) is 0 Å². The van der Waals surface area contributed by atoms with Crippen molar-refractivity contribution in [3.8, 4) is 32.6 Å². The molecule has 0 amide bonds. The number of aliphatic hydroxyl groups is 1. The van der Waals surface area contributed by atoms with E-state index >= 15 is 0 Å². The van der Waals surface area contributed by atoms with Crippen LogP contribution in [-0.4, -0.2) is 29.3 Å². The lowest BCUT2D eigenvalue weighted by Crippen LogP contribution is -1.90. The molecule has 5 nitrogen and oxygen atoms in total. The Kier molecular flexibility index (Phi) is 10.1.